The molecule has 0 saturated heterocycles. The van der Waals surface area contributed by atoms with E-state index in [1.807, 2.05) is 38.1 Å². The summed E-state index contributed by atoms with van der Waals surface area (Å²) in [6.07, 6.45) is 1.73. The molecule has 6 heteroatoms. The molecule has 0 fully saturated rings. The number of thiophene rings is 1. The Bertz CT molecular complexity index is 989. The molecule has 0 aliphatic heterocycles. The van der Waals surface area contributed by atoms with Gasteiger partial charge in [0.1, 0.15) is 10.6 Å². The fourth-order valence-electron chi connectivity index (χ4n) is 2.67. The third kappa shape index (κ3) is 3.37. The number of aromatic nitrogens is 2. The topological polar surface area (TPSA) is 44.1 Å². The number of benzene rings is 1. The van der Waals surface area contributed by atoms with Crippen molar-refractivity contribution < 1.29 is 4.74 Å². The Kier molecular flexibility index (Phi) is 5.30. The van der Waals surface area contributed by atoms with Crippen LogP contribution in [0.2, 0.25) is 0 Å². The van der Waals surface area contributed by atoms with Gasteiger partial charge in [-0.2, -0.15) is 0 Å². The predicted molar refractivity (Wildman–Crippen MR) is 106 cm³/mol. The van der Waals surface area contributed by atoms with Gasteiger partial charge in [-0.25, -0.2) is 4.98 Å². The molecule has 0 bridgehead atoms. The highest BCUT2D eigenvalue weighted by molar-refractivity contribution is 7.98. The molecule has 1 aromatic carbocycles. The third-order valence-corrected chi connectivity index (χ3v) is 6.24. The van der Waals surface area contributed by atoms with Crippen LogP contribution in [0.1, 0.15) is 16.0 Å². The van der Waals surface area contributed by atoms with E-state index in [9.17, 15) is 4.79 Å². The second kappa shape index (κ2) is 7.45. The van der Waals surface area contributed by atoms with Crippen LogP contribution in [-0.4, -0.2) is 16.7 Å². The summed E-state index contributed by atoms with van der Waals surface area (Å²) in [7, 11) is 1.67. The van der Waals surface area contributed by atoms with Gasteiger partial charge in [0.25, 0.3) is 5.56 Å². The smallest absolute Gasteiger partial charge is 0.263 e. The SMILES string of the molecule is C=CCn1c(SCc2ccccc2OC)nc2sc(C)c(C)c2c1=O. The van der Waals surface area contributed by atoms with Crippen LogP contribution in [-0.2, 0) is 12.3 Å². The number of rotatable bonds is 6. The van der Waals surface area contributed by atoms with Crippen molar-refractivity contribution >= 4 is 33.3 Å². The first-order chi connectivity index (χ1) is 12.1. The Morgan fingerprint density at radius 3 is 2.84 bits per heavy atom. The monoisotopic (exact) mass is 372 g/mol. The zero-order valence-electron chi connectivity index (χ0n) is 14.5. The lowest BCUT2D eigenvalue weighted by Gasteiger charge is -2.11. The van der Waals surface area contributed by atoms with E-state index in [0.717, 1.165) is 32.0 Å². The van der Waals surface area contributed by atoms with Crippen LogP contribution < -0.4 is 10.3 Å². The molecular weight excluding hydrogens is 352 g/mol. The first-order valence-electron chi connectivity index (χ1n) is 7.93. The molecule has 2 heterocycles. The van der Waals surface area contributed by atoms with Gasteiger partial charge in [0.2, 0.25) is 0 Å². The molecule has 4 nitrogen and oxygen atoms in total. The third-order valence-electron chi connectivity index (χ3n) is 4.11. The molecular formula is C19H20N2O2S2. The van der Waals surface area contributed by atoms with Crippen molar-refractivity contribution in [2.24, 2.45) is 0 Å². The largest absolute Gasteiger partial charge is 0.496 e. The molecule has 0 aliphatic carbocycles. The maximum absolute atomic E-state index is 13.0. The fourth-order valence-corrected chi connectivity index (χ4v) is 4.74. The van der Waals surface area contributed by atoms with Crippen LogP contribution in [0, 0.1) is 13.8 Å². The highest BCUT2D eigenvalue weighted by Gasteiger charge is 2.16. The van der Waals surface area contributed by atoms with Crippen molar-refractivity contribution in [1.82, 2.24) is 9.55 Å². The summed E-state index contributed by atoms with van der Waals surface area (Å²) < 4.78 is 7.11. The van der Waals surface area contributed by atoms with Crippen molar-refractivity contribution in [3.05, 3.63) is 63.3 Å². The van der Waals surface area contributed by atoms with Crippen molar-refractivity contribution in [1.29, 1.82) is 0 Å². The van der Waals surface area contributed by atoms with Gasteiger partial charge < -0.3 is 4.74 Å². The molecule has 3 aromatic rings. The van der Waals surface area contributed by atoms with Gasteiger partial charge in [-0.3, -0.25) is 9.36 Å². The molecule has 0 spiro atoms. The molecule has 25 heavy (non-hydrogen) atoms. The van der Waals surface area contributed by atoms with Crippen LogP contribution in [0.3, 0.4) is 0 Å². The highest BCUT2D eigenvalue weighted by Crippen LogP contribution is 2.31. The van der Waals surface area contributed by atoms with Gasteiger partial charge >= 0.3 is 0 Å². The average Bonchev–Trinajstić information content (AvgIpc) is 2.90. The highest BCUT2D eigenvalue weighted by atomic mass is 32.2. The Balaban J connectivity index is 2.04. The Morgan fingerprint density at radius 1 is 1.36 bits per heavy atom. The maximum Gasteiger partial charge on any atom is 0.263 e. The lowest BCUT2D eigenvalue weighted by atomic mass is 10.2. The van der Waals surface area contributed by atoms with E-state index < -0.39 is 0 Å². The Morgan fingerprint density at radius 2 is 2.12 bits per heavy atom. The summed E-state index contributed by atoms with van der Waals surface area (Å²) in [5, 5.41) is 1.44. The summed E-state index contributed by atoms with van der Waals surface area (Å²) in [5.41, 5.74) is 2.11. The quantitative estimate of drug-likeness (QED) is 0.361. The van der Waals surface area contributed by atoms with Gasteiger partial charge in [0, 0.05) is 22.7 Å². The van der Waals surface area contributed by atoms with Crippen molar-refractivity contribution in [3.63, 3.8) is 0 Å². The van der Waals surface area contributed by atoms with E-state index in [2.05, 4.69) is 6.58 Å². The number of thioether (sulfide) groups is 1. The molecule has 0 aliphatic rings. The molecule has 3 rings (SSSR count). The number of hydrogen-bond acceptors (Lipinski definition) is 5. The van der Waals surface area contributed by atoms with E-state index in [-0.39, 0.29) is 5.56 Å². The first-order valence-corrected chi connectivity index (χ1v) is 9.73. The molecule has 130 valence electrons. The molecule has 0 saturated carbocycles. The van der Waals surface area contributed by atoms with Gasteiger partial charge in [-0.1, -0.05) is 36.0 Å². The zero-order valence-corrected chi connectivity index (χ0v) is 16.2. The minimum absolute atomic E-state index is 0.00859. The van der Waals surface area contributed by atoms with Gasteiger partial charge in [-0.15, -0.1) is 17.9 Å². The van der Waals surface area contributed by atoms with E-state index in [1.165, 1.54) is 0 Å². The maximum atomic E-state index is 13.0. The first kappa shape index (κ1) is 17.8. The number of allylic oxidation sites excluding steroid dienone is 1. The summed E-state index contributed by atoms with van der Waals surface area (Å²) >= 11 is 3.12. The second-order valence-corrected chi connectivity index (χ2v) is 7.81. The van der Waals surface area contributed by atoms with E-state index in [4.69, 9.17) is 9.72 Å². The van der Waals surface area contributed by atoms with Gasteiger partial charge in [0.15, 0.2) is 5.16 Å². The molecule has 0 unspecified atom stereocenters. The summed E-state index contributed by atoms with van der Waals surface area (Å²) in [4.78, 5) is 19.7. The summed E-state index contributed by atoms with van der Waals surface area (Å²) in [5.74, 6) is 1.53. The summed E-state index contributed by atoms with van der Waals surface area (Å²) in [6.45, 7) is 8.24. The molecule has 2 aromatic heterocycles. The lowest BCUT2D eigenvalue weighted by Crippen LogP contribution is -2.22. The van der Waals surface area contributed by atoms with Gasteiger partial charge in [-0.05, 0) is 25.5 Å². The zero-order chi connectivity index (χ0) is 18.0. The van der Waals surface area contributed by atoms with E-state index in [0.29, 0.717) is 17.5 Å². The Labute approximate surface area is 155 Å². The number of ether oxygens (including phenoxy) is 1. The van der Waals surface area contributed by atoms with E-state index >= 15 is 0 Å². The van der Waals surface area contributed by atoms with Crippen LogP contribution in [0.15, 0.2) is 46.9 Å². The van der Waals surface area contributed by atoms with Crippen molar-refractivity contribution in [2.75, 3.05) is 7.11 Å². The molecule has 0 atom stereocenters. The van der Waals surface area contributed by atoms with Crippen LogP contribution >= 0.6 is 23.1 Å². The standard InChI is InChI=1S/C19H20N2O2S2/c1-5-10-21-18(22)16-12(2)13(3)25-17(16)20-19(21)24-11-14-8-6-7-9-15(14)23-4/h5-9H,1,10-11H2,2-4H3. The minimum atomic E-state index is 0.00859. The number of para-hydroxylation sites is 1. The van der Waals surface area contributed by atoms with E-state index in [1.54, 1.807) is 40.9 Å². The number of nitrogens with zero attached hydrogens (tertiary/aromatic N) is 2. The van der Waals surface area contributed by atoms with Crippen molar-refractivity contribution in [2.45, 2.75) is 31.3 Å². The second-order valence-electron chi connectivity index (χ2n) is 5.66. The van der Waals surface area contributed by atoms with Gasteiger partial charge in [0.05, 0.1) is 12.5 Å². The molecule has 0 amide bonds. The van der Waals surface area contributed by atoms with Crippen LogP contribution in [0.5, 0.6) is 5.75 Å². The number of fused-ring (bicyclic) bond motifs is 1. The predicted octanol–water partition coefficient (Wildman–Crippen LogP) is 4.56. The number of methoxy groups -OCH3 is 1. The minimum Gasteiger partial charge on any atom is -0.496 e. The average molecular weight is 373 g/mol. The number of aryl methyl sites for hydroxylation is 2. The fraction of sp³-hybridized carbons (Fsp3) is 0.263. The van der Waals surface area contributed by atoms with Crippen LogP contribution in [0.4, 0.5) is 0 Å². The lowest BCUT2D eigenvalue weighted by molar-refractivity contribution is 0.411. The Hall–Kier alpha value is -2.05. The normalized spacial score (nSPS) is 11.0. The van der Waals surface area contributed by atoms with Crippen LogP contribution in [0.25, 0.3) is 10.2 Å². The molecule has 0 N–H and O–H groups in total. The van der Waals surface area contributed by atoms with Crippen molar-refractivity contribution in [3.8, 4) is 5.75 Å². The summed E-state index contributed by atoms with van der Waals surface area (Å²) in [6, 6.07) is 7.90. The molecule has 0 radical (unpaired) electrons. The number of hydrogen-bond donors (Lipinski definition) is 0.